The lowest BCUT2D eigenvalue weighted by molar-refractivity contribution is -0.141. The first kappa shape index (κ1) is 14.8. The van der Waals surface area contributed by atoms with Gasteiger partial charge in [0.15, 0.2) is 0 Å². The second-order valence-corrected chi connectivity index (χ2v) is 6.10. The number of carbonyl (C=O) groups is 2. The zero-order valence-electron chi connectivity index (χ0n) is 11.4. The molecule has 6 nitrogen and oxygen atoms in total. The van der Waals surface area contributed by atoms with E-state index in [0.29, 0.717) is 6.54 Å². The van der Waals surface area contributed by atoms with Crippen molar-refractivity contribution in [3.05, 3.63) is 0 Å². The summed E-state index contributed by atoms with van der Waals surface area (Å²) in [5.41, 5.74) is -0.0541. The van der Waals surface area contributed by atoms with Gasteiger partial charge in [0.2, 0.25) is 0 Å². The van der Waals surface area contributed by atoms with Crippen LogP contribution < -0.4 is 0 Å². The number of aliphatic carboxylic acids is 1. The number of β-amino-alcohol motifs (C(OH)–C–C–N with tert-alkyl or cyclic N) is 1. The van der Waals surface area contributed by atoms with Crippen molar-refractivity contribution in [3.63, 3.8) is 0 Å². The Bertz CT molecular complexity index is 337. The van der Waals surface area contributed by atoms with Crippen molar-refractivity contribution in [1.82, 2.24) is 9.80 Å². The summed E-state index contributed by atoms with van der Waals surface area (Å²) in [4.78, 5) is 25.9. The van der Waals surface area contributed by atoms with Gasteiger partial charge in [-0.15, -0.1) is 0 Å². The second-order valence-electron chi connectivity index (χ2n) is 6.10. The lowest BCUT2D eigenvalue weighted by atomic mass is 9.96. The van der Waals surface area contributed by atoms with Crippen LogP contribution in [0.25, 0.3) is 0 Å². The summed E-state index contributed by atoms with van der Waals surface area (Å²) in [6, 6.07) is -1.26. The van der Waals surface area contributed by atoms with Gasteiger partial charge >= 0.3 is 12.0 Å². The van der Waals surface area contributed by atoms with Gasteiger partial charge in [-0.2, -0.15) is 0 Å². The van der Waals surface area contributed by atoms with E-state index in [0.717, 1.165) is 0 Å². The summed E-state index contributed by atoms with van der Waals surface area (Å²) in [5, 5.41) is 18.5. The summed E-state index contributed by atoms with van der Waals surface area (Å²) in [6.45, 7) is 6.63. The first-order valence-electron chi connectivity index (χ1n) is 6.04. The number of hydrogen-bond donors (Lipinski definition) is 2. The Labute approximate surface area is 107 Å². The molecule has 18 heavy (non-hydrogen) atoms. The second kappa shape index (κ2) is 5.14. The molecule has 2 amide bonds. The average molecular weight is 258 g/mol. The van der Waals surface area contributed by atoms with Crippen LogP contribution in [0, 0.1) is 5.41 Å². The molecule has 104 valence electrons. The first-order chi connectivity index (χ1) is 8.11. The highest BCUT2D eigenvalue weighted by Gasteiger charge is 2.40. The largest absolute Gasteiger partial charge is 0.480 e. The quantitative estimate of drug-likeness (QED) is 0.760. The van der Waals surface area contributed by atoms with Crippen LogP contribution in [-0.4, -0.2) is 64.3 Å². The molecule has 0 spiro atoms. The number of nitrogens with zero attached hydrogens (tertiary/aromatic N) is 2. The number of aliphatic hydroxyl groups is 1. The minimum atomic E-state index is -1.07. The predicted octanol–water partition coefficient (Wildman–Crippen LogP) is 0.604. The number of hydrogen-bond acceptors (Lipinski definition) is 3. The maximum atomic E-state index is 12.2. The van der Waals surface area contributed by atoms with Crippen LogP contribution in [0.5, 0.6) is 0 Å². The van der Waals surface area contributed by atoms with Crippen molar-refractivity contribution in [2.75, 3.05) is 20.1 Å². The van der Waals surface area contributed by atoms with E-state index in [4.69, 9.17) is 5.11 Å². The van der Waals surface area contributed by atoms with E-state index in [2.05, 4.69) is 0 Å². The van der Waals surface area contributed by atoms with Crippen molar-refractivity contribution in [3.8, 4) is 0 Å². The molecule has 0 bridgehead atoms. The molecular formula is C12H22N2O4. The third-order valence-corrected chi connectivity index (χ3v) is 2.85. The molecule has 2 N–H and O–H groups in total. The van der Waals surface area contributed by atoms with E-state index < -0.39 is 18.1 Å². The molecule has 1 aliphatic heterocycles. The normalized spacial score (nSPS) is 24.2. The summed E-state index contributed by atoms with van der Waals surface area (Å²) in [7, 11) is 1.65. The van der Waals surface area contributed by atoms with Gasteiger partial charge in [0.1, 0.15) is 6.04 Å². The molecule has 0 aromatic heterocycles. The van der Waals surface area contributed by atoms with Crippen molar-refractivity contribution in [1.29, 1.82) is 0 Å². The summed E-state index contributed by atoms with van der Waals surface area (Å²) >= 11 is 0. The fraction of sp³-hybridized carbons (Fsp3) is 0.833. The highest BCUT2D eigenvalue weighted by molar-refractivity contribution is 5.83. The van der Waals surface area contributed by atoms with Gasteiger partial charge in [0.25, 0.3) is 0 Å². The highest BCUT2D eigenvalue weighted by Crippen LogP contribution is 2.21. The Morgan fingerprint density at radius 2 is 1.94 bits per heavy atom. The minimum absolute atomic E-state index is 0.0541. The van der Waals surface area contributed by atoms with E-state index in [1.807, 2.05) is 20.8 Å². The Morgan fingerprint density at radius 1 is 1.39 bits per heavy atom. The van der Waals surface area contributed by atoms with E-state index in [9.17, 15) is 14.7 Å². The fourth-order valence-electron chi connectivity index (χ4n) is 2.26. The van der Waals surface area contributed by atoms with Crippen LogP contribution in [0.1, 0.15) is 27.2 Å². The number of amides is 2. The van der Waals surface area contributed by atoms with Crippen LogP contribution in [0.15, 0.2) is 0 Å². The SMILES string of the molecule is CN(CC(C)(C)C)C(=O)N1C[C@@H](O)C[C@H]1C(=O)O. The number of urea groups is 1. The van der Waals surface area contributed by atoms with Gasteiger partial charge in [-0.1, -0.05) is 20.8 Å². The standard InChI is InChI=1S/C12H22N2O4/c1-12(2,3)7-13(4)11(18)14-6-8(15)5-9(14)10(16)17/h8-9,15H,5-7H2,1-4H3,(H,16,17)/t8-,9-/m0/s1. The lowest BCUT2D eigenvalue weighted by Gasteiger charge is -2.31. The van der Waals surface area contributed by atoms with Crippen LogP contribution in [-0.2, 0) is 4.79 Å². The fourth-order valence-corrected chi connectivity index (χ4v) is 2.26. The van der Waals surface area contributed by atoms with Crippen molar-refractivity contribution in [2.24, 2.45) is 5.41 Å². The van der Waals surface area contributed by atoms with E-state index >= 15 is 0 Å². The third-order valence-electron chi connectivity index (χ3n) is 2.85. The Morgan fingerprint density at radius 3 is 2.39 bits per heavy atom. The molecule has 6 heteroatoms. The number of likely N-dealkylation sites (tertiary alicyclic amines) is 1. The molecule has 0 unspecified atom stereocenters. The van der Waals surface area contributed by atoms with Gasteiger partial charge in [0.05, 0.1) is 6.10 Å². The zero-order chi connectivity index (χ0) is 14.1. The predicted molar refractivity (Wildman–Crippen MR) is 66.2 cm³/mol. The molecule has 1 aliphatic rings. The van der Waals surface area contributed by atoms with E-state index in [1.165, 1.54) is 9.80 Å². The van der Waals surface area contributed by atoms with E-state index in [1.54, 1.807) is 7.05 Å². The summed E-state index contributed by atoms with van der Waals surface area (Å²) < 4.78 is 0. The lowest BCUT2D eigenvalue weighted by Crippen LogP contribution is -2.48. The molecule has 1 saturated heterocycles. The van der Waals surface area contributed by atoms with Gasteiger partial charge in [-0.3, -0.25) is 0 Å². The van der Waals surface area contributed by atoms with Crippen LogP contribution in [0.2, 0.25) is 0 Å². The molecule has 0 aromatic rings. The Hall–Kier alpha value is -1.30. The maximum Gasteiger partial charge on any atom is 0.326 e. The van der Waals surface area contributed by atoms with Crippen molar-refractivity contribution >= 4 is 12.0 Å². The maximum absolute atomic E-state index is 12.2. The van der Waals surface area contributed by atoms with Crippen LogP contribution in [0.4, 0.5) is 4.79 Å². The van der Waals surface area contributed by atoms with Crippen LogP contribution >= 0.6 is 0 Å². The smallest absolute Gasteiger partial charge is 0.326 e. The van der Waals surface area contributed by atoms with Gasteiger partial charge < -0.3 is 20.0 Å². The van der Waals surface area contributed by atoms with Gasteiger partial charge in [0, 0.05) is 26.6 Å². The molecular weight excluding hydrogens is 236 g/mol. The average Bonchev–Trinajstić information content (AvgIpc) is 2.56. The summed E-state index contributed by atoms with van der Waals surface area (Å²) in [6.07, 6.45) is -0.650. The van der Waals surface area contributed by atoms with Gasteiger partial charge in [-0.25, -0.2) is 9.59 Å². The first-order valence-corrected chi connectivity index (χ1v) is 6.04. The Balaban J connectivity index is 2.73. The van der Waals surface area contributed by atoms with Gasteiger partial charge in [-0.05, 0) is 5.41 Å². The number of aliphatic hydroxyl groups excluding tert-OH is 1. The summed E-state index contributed by atoms with van der Waals surface area (Å²) in [5.74, 6) is -1.07. The number of carboxylic acids is 1. The zero-order valence-corrected chi connectivity index (χ0v) is 11.4. The molecule has 0 aromatic carbocycles. The topological polar surface area (TPSA) is 81.1 Å². The monoisotopic (exact) mass is 258 g/mol. The molecule has 1 fully saturated rings. The number of rotatable bonds is 2. The molecule has 1 heterocycles. The van der Waals surface area contributed by atoms with Crippen molar-refractivity contribution in [2.45, 2.75) is 39.3 Å². The molecule has 2 atom stereocenters. The highest BCUT2D eigenvalue weighted by atomic mass is 16.4. The van der Waals surface area contributed by atoms with Crippen molar-refractivity contribution < 1.29 is 19.8 Å². The number of carbonyl (C=O) groups excluding carboxylic acids is 1. The Kier molecular flexibility index (Phi) is 4.21. The number of carboxylic acid groups (broad SMARTS) is 1. The molecule has 0 aliphatic carbocycles. The minimum Gasteiger partial charge on any atom is -0.480 e. The van der Waals surface area contributed by atoms with E-state index in [-0.39, 0.29) is 24.4 Å². The molecule has 1 rings (SSSR count). The molecule has 0 saturated carbocycles. The molecule has 0 radical (unpaired) electrons. The third kappa shape index (κ3) is 3.60. The van der Waals surface area contributed by atoms with Crippen LogP contribution in [0.3, 0.4) is 0 Å².